The van der Waals surface area contributed by atoms with Crippen molar-refractivity contribution in [2.75, 3.05) is 11.9 Å². The average molecular weight is 293 g/mol. The molecule has 84 valence electrons. The normalized spacial score (nSPS) is 12.5. The molecule has 1 aromatic heterocycles. The molecule has 0 aliphatic heterocycles. The van der Waals surface area contributed by atoms with Gasteiger partial charge in [0.2, 0.25) is 0 Å². The lowest BCUT2D eigenvalue weighted by Crippen LogP contribution is -2.17. The van der Waals surface area contributed by atoms with E-state index in [9.17, 15) is 0 Å². The van der Waals surface area contributed by atoms with Crippen LogP contribution in [0.3, 0.4) is 0 Å². The molecule has 1 heterocycles. The van der Waals surface area contributed by atoms with Crippen LogP contribution in [-0.2, 0) is 0 Å². The van der Waals surface area contributed by atoms with Crippen molar-refractivity contribution in [2.24, 2.45) is 5.73 Å². The highest BCUT2D eigenvalue weighted by Gasteiger charge is 2.06. The quantitative estimate of drug-likeness (QED) is 0.877. The van der Waals surface area contributed by atoms with E-state index in [0.29, 0.717) is 11.1 Å². The van der Waals surface area contributed by atoms with E-state index >= 15 is 0 Å². The molecule has 15 heavy (non-hydrogen) atoms. The molecule has 5 heteroatoms. The van der Waals surface area contributed by atoms with Gasteiger partial charge in [0, 0.05) is 12.2 Å². The van der Waals surface area contributed by atoms with Gasteiger partial charge < -0.3 is 11.1 Å². The van der Waals surface area contributed by atoms with Crippen LogP contribution >= 0.6 is 27.5 Å². The second-order valence-electron chi connectivity index (χ2n) is 3.46. The van der Waals surface area contributed by atoms with Crippen molar-refractivity contribution < 1.29 is 0 Å². The van der Waals surface area contributed by atoms with Crippen LogP contribution in [-0.4, -0.2) is 17.6 Å². The molecule has 3 nitrogen and oxygen atoms in total. The lowest BCUT2D eigenvalue weighted by atomic mass is 10.2. The van der Waals surface area contributed by atoms with Crippen molar-refractivity contribution in [3.8, 4) is 0 Å². The van der Waals surface area contributed by atoms with Gasteiger partial charge in [-0.05, 0) is 48.3 Å². The molecule has 0 aromatic carbocycles. The van der Waals surface area contributed by atoms with Crippen LogP contribution in [0.1, 0.15) is 19.8 Å². The summed E-state index contributed by atoms with van der Waals surface area (Å²) >= 11 is 9.21. The third kappa shape index (κ3) is 4.36. The molecule has 3 N–H and O–H groups in total. The first-order valence-electron chi connectivity index (χ1n) is 4.91. The number of nitrogens with one attached hydrogen (secondary N) is 1. The highest BCUT2D eigenvalue weighted by molar-refractivity contribution is 9.10. The summed E-state index contributed by atoms with van der Waals surface area (Å²) in [6.07, 6.45) is 3.68. The van der Waals surface area contributed by atoms with Gasteiger partial charge in [0.05, 0.1) is 9.50 Å². The van der Waals surface area contributed by atoms with Crippen molar-refractivity contribution in [2.45, 2.75) is 25.8 Å². The molecule has 1 aromatic rings. The SMILES string of the molecule is CC(CCCN)Nc1ncc(Cl)cc1Br. The Morgan fingerprint density at radius 3 is 3.00 bits per heavy atom. The van der Waals surface area contributed by atoms with E-state index in [2.05, 4.69) is 33.2 Å². The summed E-state index contributed by atoms with van der Waals surface area (Å²) in [6, 6.07) is 2.19. The van der Waals surface area contributed by atoms with Crippen LogP contribution in [0.2, 0.25) is 5.02 Å². The zero-order chi connectivity index (χ0) is 11.3. The largest absolute Gasteiger partial charge is 0.367 e. The third-order valence-corrected chi connectivity index (χ3v) is 2.84. The van der Waals surface area contributed by atoms with Crippen LogP contribution in [0, 0.1) is 0 Å². The lowest BCUT2D eigenvalue weighted by molar-refractivity contribution is 0.660. The zero-order valence-electron chi connectivity index (χ0n) is 8.63. The summed E-state index contributed by atoms with van der Waals surface area (Å²) in [4.78, 5) is 4.20. The Hall–Kier alpha value is -0.320. The standard InChI is InChI=1S/C10H15BrClN3/c1-7(3-2-4-13)15-10-9(11)5-8(12)6-14-10/h5-7H,2-4,13H2,1H3,(H,14,15). The minimum atomic E-state index is 0.360. The number of hydrogen-bond acceptors (Lipinski definition) is 3. The number of nitrogens with zero attached hydrogens (tertiary/aromatic N) is 1. The highest BCUT2D eigenvalue weighted by Crippen LogP contribution is 2.23. The van der Waals surface area contributed by atoms with Crippen LogP contribution in [0.25, 0.3) is 0 Å². The summed E-state index contributed by atoms with van der Waals surface area (Å²) < 4.78 is 0.884. The first kappa shape index (κ1) is 12.7. The molecule has 0 radical (unpaired) electrons. The molecule has 0 saturated heterocycles. The maximum atomic E-state index is 5.80. The fourth-order valence-electron chi connectivity index (χ4n) is 1.25. The van der Waals surface area contributed by atoms with E-state index in [0.717, 1.165) is 29.7 Å². The van der Waals surface area contributed by atoms with Crippen LogP contribution in [0.15, 0.2) is 16.7 Å². The Balaban J connectivity index is 2.56. The maximum Gasteiger partial charge on any atom is 0.140 e. The smallest absolute Gasteiger partial charge is 0.140 e. The van der Waals surface area contributed by atoms with Crippen molar-refractivity contribution in [3.05, 3.63) is 21.8 Å². The number of aromatic nitrogens is 1. The number of nitrogens with two attached hydrogens (primary N) is 1. The van der Waals surface area contributed by atoms with Gasteiger partial charge in [-0.25, -0.2) is 4.98 Å². The lowest BCUT2D eigenvalue weighted by Gasteiger charge is -2.14. The Morgan fingerprint density at radius 1 is 1.67 bits per heavy atom. The number of hydrogen-bond donors (Lipinski definition) is 2. The Morgan fingerprint density at radius 2 is 2.40 bits per heavy atom. The molecule has 0 spiro atoms. The van der Waals surface area contributed by atoms with Gasteiger partial charge in [0.15, 0.2) is 0 Å². The van der Waals surface area contributed by atoms with Crippen molar-refractivity contribution in [1.29, 1.82) is 0 Å². The van der Waals surface area contributed by atoms with Crippen molar-refractivity contribution in [1.82, 2.24) is 4.98 Å². The average Bonchev–Trinajstić information content (AvgIpc) is 2.19. The third-order valence-electron chi connectivity index (χ3n) is 2.03. The Kier molecular flexibility index (Phi) is 5.36. The maximum absolute atomic E-state index is 5.80. The Labute approximate surface area is 104 Å². The van der Waals surface area contributed by atoms with Crippen LogP contribution in [0.5, 0.6) is 0 Å². The number of rotatable bonds is 5. The van der Waals surface area contributed by atoms with Crippen LogP contribution in [0.4, 0.5) is 5.82 Å². The van der Waals surface area contributed by atoms with Crippen molar-refractivity contribution in [3.63, 3.8) is 0 Å². The van der Waals surface area contributed by atoms with E-state index in [1.54, 1.807) is 6.20 Å². The number of anilines is 1. The fourth-order valence-corrected chi connectivity index (χ4v) is 2.00. The molecule has 0 amide bonds. The van der Waals surface area contributed by atoms with Gasteiger partial charge in [0.25, 0.3) is 0 Å². The molecular formula is C10H15BrClN3. The van der Waals surface area contributed by atoms with E-state index in [1.165, 1.54) is 0 Å². The second kappa shape index (κ2) is 6.30. The monoisotopic (exact) mass is 291 g/mol. The summed E-state index contributed by atoms with van der Waals surface area (Å²) in [5, 5.41) is 3.93. The summed E-state index contributed by atoms with van der Waals surface area (Å²) in [5.41, 5.74) is 5.45. The molecule has 0 fully saturated rings. The van der Waals surface area contributed by atoms with E-state index < -0.39 is 0 Å². The predicted molar refractivity (Wildman–Crippen MR) is 68.3 cm³/mol. The number of pyridine rings is 1. The van der Waals surface area contributed by atoms with Gasteiger partial charge in [-0.3, -0.25) is 0 Å². The summed E-state index contributed by atoms with van der Waals surface area (Å²) in [5.74, 6) is 0.823. The van der Waals surface area contributed by atoms with Gasteiger partial charge in [0.1, 0.15) is 5.82 Å². The number of halogens is 2. The molecule has 1 rings (SSSR count). The van der Waals surface area contributed by atoms with Gasteiger partial charge >= 0.3 is 0 Å². The first-order valence-corrected chi connectivity index (χ1v) is 6.08. The summed E-state index contributed by atoms with van der Waals surface area (Å²) in [6.45, 7) is 2.83. The minimum absolute atomic E-state index is 0.360. The zero-order valence-corrected chi connectivity index (χ0v) is 11.0. The molecule has 1 unspecified atom stereocenters. The van der Waals surface area contributed by atoms with E-state index in [-0.39, 0.29) is 0 Å². The topological polar surface area (TPSA) is 50.9 Å². The molecule has 0 bridgehead atoms. The Bertz CT molecular complexity index is 320. The van der Waals surface area contributed by atoms with E-state index in [4.69, 9.17) is 17.3 Å². The van der Waals surface area contributed by atoms with Gasteiger partial charge in [-0.1, -0.05) is 11.6 Å². The molecule has 1 atom stereocenters. The second-order valence-corrected chi connectivity index (χ2v) is 4.75. The first-order chi connectivity index (χ1) is 7.13. The molecule has 0 aliphatic rings. The predicted octanol–water partition coefficient (Wildman–Crippen LogP) is 3.04. The molecule has 0 aliphatic carbocycles. The van der Waals surface area contributed by atoms with E-state index in [1.807, 2.05) is 6.07 Å². The molecule has 0 saturated carbocycles. The highest BCUT2D eigenvalue weighted by atomic mass is 79.9. The minimum Gasteiger partial charge on any atom is -0.367 e. The van der Waals surface area contributed by atoms with Gasteiger partial charge in [-0.15, -0.1) is 0 Å². The fraction of sp³-hybridized carbons (Fsp3) is 0.500. The summed E-state index contributed by atoms with van der Waals surface area (Å²) in [7, 11) is 0. The molecular weight excluding hydrogens is 277 g/mol. The van der Waals surface area contributed by atoms with Crippen molar-refractivity contribution >= 4 is 33.3 Å². The van der Waals surface area contributed by atoms with Crippen LogP contribution < -0.4 is 11.1 Å². The van der Waals surface area contributed by atoms with Gasteiger partial charge in [-0.2, -0.15) is 0 Å².